The number of aromatic amines is 1. The van der Waals surface area contributed by atoms with Gasteiger partial charge in [0, 0.05) is 0 Å². The molecule has 1 heterocycles. The predicted molar refractivity (Wildman–Crippen MR) is 32.5 cm³/mol. The Hall–Kier alpha value is -1.28. The van der Waals surface area contributed by atoms with E-state index < -0.39 is 21.0 Å². The molecule has 0 aliphatic rings. The van der Waals surface area contributed by atoms with Crippen molar-refractivity contribution in [3.8, 4) is 0 Å². The van der Waals surface area contributed by atoms with Gasteiger partial charge in [0.1, 0.15) is 6.33 Å². The molecule has 0 bridgehead atoms. The van der Waals surface area contributed by atoms with Crippen LogP contribution in [0.4, 0.5) is 0 Å². The fourth-order valence-electron chi connectivity index (χ4n) is 0.421. The summed E-state index contributed by atoms with van der Waals surface area (Å²) in [4.78, 5) is 18.2. The minimum atomic E-state index is -4.43. The highest BCUT2D eigenvalue weighted by atomic mass is 32.2. The zero-order valence-electron chi connectivity index (χ0n) is 5.05. The average molecular weight is 177 g/mol. The summed E-state index contributed by atoms with van der Waals surface area (Å²) < 4.78 is 28.9. The Morgan fingerprint density at radius 2 is 2.09 bits per heavy atom. The molecule has 0 fully saturated rings. The van der Waals surface area contributed by atoms with Gasteiger partial charge in [-0.1, -0.05) is 0 Å². The molecule has 1 aromatic heterocycles. The number of nitrogens with one attached hydrogen (secondary N) is 1. The Morgan fingerprint density at radius 3 is 2.45 bits per heavy atom. The van der Waals surface area contributed by atoms with E-state index in [-0.39, 0.29) is 0 Å². The molecule has 11 heavy (non-hydrogen) atoms. The van der Waals surface area contributed by atoms with Gasteiger partial charge in [-0.15, -0.1) is 0 Å². The Morgan fingerprint density at radius 1 is 1.45 bits per heavy atom. The molecule has 8 heteroatoms. The van der Waals surface area contributed by atoms with E-state index in [1.807, 2.05) is 0 Å². The van der Waals surface area contributed by atoms with E-state index in [2.05, 4.69) is 9.97 Å². The molecule has 0 spiro atoms. The van der Waals surface area contributed by atoms with Crippen molar-refractivity contribution >= 4 is 10.1 Å². The molecule has 0 amide bonds. The summed E-state index contributed by atoms with van der Waals surface area (Å²) in [5, 5.41) is -0.808. The van der Waals surface area contributed by atoms with Crippen LogP contribution >= 0.6 is 0 Å². The van der Waals surface area contributed by atoms with Crippen LogP contribution < -0.4 is 5.69 Å². The molecule has 0 radical (unpaired) electrons. The minimum absolute atomic E-state index is 0.738. The smallest absolute Gasteiger partial charge is 0.279 e. The predicted octanol–water partition coefficient (Wildman–Crippen LogP) is -1.59. The van der Waals surface area contributed by atoms with Gasteiger partial charge in [0.05, 0.1) is 0 Å². The summed E-state index contributed by atoms with van der Waals surface area (Å²) in [6, 6.07) is 0. The quantitative estimate of drug-likeness (QED) is 0.500. The number of hydrogen-bond acceptors (Lipinski definition) is 5. The van der Waals surface area contributed by atoms with E-state index in [1.165, 1.54) is 0 Å². The second-order valence-corrected chi connectivity index (χ2v) is 2.92. The van der Waals surface area contributed by atoms with E-state index in [0.29, 0.717) is 0 Å². The van der Waals surface area contributed by atoms with Crippen molar-refractivity contribution in [2.45, 2.75) is 5.16 Å². The topological polar surface area (TPSA) is 113 Å². The monoisotopic (exact) mass is 177 g/mol. The van der Waals surface area contributed by atoms with E-state index in [0.717, 1.165) is 6.33 Å². The molecule has 1 aromatic rings. The van der Waals surface area contributed by atoms with Crippen LogP contribution in [0, 0.1) is 0 Å². The normalized spacial score (nSPS) is 11.4. The third-order valence-electron chi connectivity index (χ3n) is 0.808. The number of aromatic nitrogens is 3. The van der Waals surface area contributed by atoms with Gasteiger partial charge in [-0.05, 0) is 0 Å². The minimum Gasteiger partial charge on any atom is -0.279 e. The van der Waals surface area contributed by atoms with Crippen molar-refractivity contribution in [2.75, 3.05) is 0 Å². The van der Waals surface area contributed by atoms with Crippen LogP contribution in [0.15, 0.2) is 16.3 Å². The Balaban J connectivity index is 3.40. The fourth-order valence-corrected chi connectivity index (χ4v) is 0.817. The molecule has 60 valence electrons. The molecule has 0 aromatic carbocycles. The molecule has 0 unspecified atom stereocenters. The molecule has 0 saturated carbocycles. The largest absolute Gasteiger partial charge is 0.348 e. The van der Waals surface area contributed by atoms with Gasteiger partial charge >= 0.3 is 15.8 Å². The van der Waals surface area contributed by atoms with Crippen LogP contribution in [0.1, 0.15) is 0 Å². The van der Waals surface area contributed by atoms with E-state index in [4.69, 9.17) is 4.55 Å². The number of rotatable bonds is 1. The fraction of sp³-hybridized carbons (Fsp3) is 0. The van der Waals surface area contributed by atoms with Crippen LogP contribution in [-0.2, 0) is 10.1 Å². The molecule has 0 saturated heterocycles. The number of H-pyrrole nitrogens is 1. The summed E-state index contributed by atoms with van der Waals surface area (Å²) in [7, 11) is -4.43. The molecule has 0 atom stereocenters. The maximum Gasteiger partial charge on any atom is 0.348 e. The molecule has 2 N–H and O–H groups in total. The Bertz CT molecular complexity index is 407. The third-order valence-corrected chi connectivity index (χ3v) is 1.50. The molecular formula is C3H3N3O4S. The lowest BCUT2D eigenvalue weighted by Gasteiger charge is -1.90. The highest BCUT2D eigenvalue weighted by Crippen LogP contribution is 1.92. The van der Waals surface area contributed by atoms with Gasteiger partial charge in [-0.2, -0.15) is 13.4 Å². The highest BCUT2D eigenvalue weighted by molar-refractivity contribution is 7.85. The molecule has 0 aliphatic heterocycles. The standard InChI is InChI=1S/C3H3N3O4S/c7-2-4-1-5-3(6-2)11(8,9)10/h1H,(H,8,9,10)(H,4,5,6,7). The van der Waals surface area contributed by atoms with Crippen LogP contribution in [0.3, 0.4) is 0 Å². The van der Waals surface area contributed by atoms with Crippen molar-refractivity contribution in [2.24, 2.45) is 0 Å². The molecule has 1 rings (SSSR count). The van der Waals surface area contributed by atoms with E-state index >= 15 is 0 Å². The third kappa shape index (κ3) is 1.82. The van der Waals surface area contributed by atoms with Crippen LogP contribution in [0.2, 0.25) is 0 Å². The van der Waals surface area contributed by atoms with Gasteiger partial charge in [0.2, 0.25) is 0 Å². The van der Waals surface area contributed by atoms with Crippen molar-refractivity contribution in [1.29, 1.82) is 0 Å². The first-order valence-electron chi connectivity index (χ1n) is 2.39. The SMILES string of the molecule is O=c1ncnc(S(=O)(=O)O)[nH]1. The second kappa shape index (κ2) is 2.40. The van der Waals surface area contributed by atoms with Crippen LogP contribution in [0.5, 0.6) is 0 Å². The summed E-state index contributed by atoms with van der Waals surface area (Å²) in [6.45, 7) is 0. The van der Waals surface area contributed by atoms with Gasteiger partial charge in [0.15, 0.2) is 0 Å². The second-order valence-electron chi connectivity index (χ2n) is 1.58. The van der Waals surface area contributed by atoms with Gasteiger partial charge in [0.25, 0.3) is 5.16 Å². The van der Waals surface area contributed by atoms with Gasteiger partial charge in [-0.3, -0.25) is 9.54 Å². The van der Waals surface area contributed by atoms with Crippen LogP contribution in [-0.4, -0.2) is 27.9 Å². The Kier molecular flexibility index (Phi) is 1.71. The van der Waals surface area contributed by atoms with E-state index in [1.54, 1.807) is 4.98 Å². The summed E-state index contributed by atoms with van der Waals surface area (Å²) in [5.74, 6) is 0. The van der Waals surface area contributed by atoms with Crippen molar-refractivity contribution in [3.63, 3.8) is 0 Å². The van der Waals surface area contributed by atoms with Crippen LogP contribution in [0.25, 0.3) is 0 Å². The highest BCUT2D eigenvalue weighted by Gasteiger charge is 2.11. The average Bonchev–Trinajstić information content (AvgIpc) is 1.86. The maximum absolute atomic E-state index is 10.4. The lowest BCUT2D eigenvalue weighted by atomic mass is 11.1. The number of nitrogens with zero attached hydrogens (tertiary/aromatic N) is 2. The molecule has 7 nitrogen and oxygen atoms in total. The first kappa shape index (κ1) is 7.82. The lowest BCUT2D eigenvalue weighted by molar-refractivity contribution is 0.472. The van der Waals surface area contributed by atoms with Gasteiger partial charge in [-0.25, -0.2) is 9.78 Å². The summed E-state index contributed by atoms with van der Waals surface area (Å²) in [6.07, 6.45) is 0.738. The van der Waals surface area contributed by atoms with E-state index in [9.17, 15) is 13.2 Å². The number of hydrogen-bond donors (Lipinski definition) is 2. The van der Waals surface area contributed by atoms with Gasteiger partial charge < -0.3 is 0 Å². The molecular weight excluding hydrogens is 174 g/mol. The lowest BCUT2D eigenvalue weighted by Crippen LogP contribution is -2.16. The van der Waals surface area contributed by atoms with Crippen molar-refractivity contribution < 1.29 is 13.0 Å². The zero-order chi connectivity index (χ0) is 8.48. The Labute approximate surface area is 60.9 Å². The molecule has 0 aliphatic carbocycles. The zero-order valence-corrected chi connectivity index (χ0v) is 5.87. The first-order valence-corrected chi connectivity index (χ1v) is 3.83. The summed E-state index contributed by atoms with van der Waals surface area (Å²) in [5.41, 5.74) is -0.882. The van der Waals surface area contributed by atoms with Crippen molar-refractivity contribution in [1.82, 2.24) is 15.0 Å². The maximum atomic E-state index is 10.4. The first-order chi connectivity index (χ1) is 5.00. The summed E-state index contributed by atoms with van der Waals surface area (Å²) >= 11 is 0. The van der Waals surface area contributed by atoms with Crippen molar-refractivity contribution in [3.05, 3.63) is 16.8 Å².